The average molecular weight is 435 g/mol. The standard InChI is InChI=1S/C23H26N6O3/c1-28(23(31)25-19-6-5-12-24-16-19)15-11-20-26-21(32-27-20)17-7-9-18(10-8-17)22(30)29-13-3-2-4-14-29/h5-10,12,16H,2-4,11,13-15H2,1H3,(H,25,31). The summed E-state index contributed by atoms with van der Waals surface area (Å²) in [7, 11) is 1.70. The van der Waals surface area contributed by atoms with E-state index in [0.717, 1.165) is 31.5 Å². The number of hydrogen-bond donors (Lipinski definition) is 1. The molecule has 1 aliphatic rings. The zero-order valence-electron chi connectivity index (χ0n) is 18.0. The number of nitrogens with zero attached hydrogens (tertiary/aromatic N) is 5. The number of carbonyl (C=O) groups excluding carboxylic acids is 2. The van der Waals surface area contributed by atoms with Gasteiger partial charge in [-0.3, -0.25) is 9.78 Å². The van der Waals surface area contributed by atoms with Crippen molar-refractivity contribution >= 4 is 17.6 Å². The molecule has 1 fully saturated rings. The SMILES string of the molecule is CN(CCc1noc(-c2ccc(C(=O)N3CCCCC3)cc2)n1)C(=O)Nc1cccnc1. The first kappa shape index (κ1) is 21.5. The van der Waals surface area contributed by atoms with Crippen molar-refractivity contribution in [3.05, 3.63) is 60.2 Å². The lowest BCUT2D eigenvalue weighted by molar-refractivity contribution is 0.0724. The van der Waals surface area contributed by atoms with Crippen LogP contribution in [-0.2, 0) is 6.42 Å². The lowest BCUT2D eigenvalue weighted by atomic mass is 10.1. The van der Waals surface area contributed by atoms with Crippen LogP contribution in [0, 0.1) is 0 Å². The molecule has 1 aliphatic heterocycles. The molecule has 4 rings (SSSR count). The second-order valence-corrected chi connectivity index (χ2v) is 7.79. The number of piperidine rings is 1. The molecule has 0 bridgehead atoms. The predicted octanol–water partition coefficient (Wildman–Crippen LogP) is 3.46. The van der Waals surface area contributed by atoms with Crippen molar-refractivity contribution in [2.75, 3.05) is 32.0 Å². The number of pyridine rings is 1. The molecule has 166 valence electrons. The first-order valence-electron chi connectivity index (χ1n) is 10.7. The first-order valence-corrected chi connectivity index (χ1v) is 10.7. The van der Waals surface area contributed by atoms with Crippen LogP contribution in [0.1, 0.15) is 35.4 Å². The Balaban J connectivity index is 1.31. The largest absolute Gasteiger partial charge is 0.339 e. The van der Waals surface area contributed by atoms with Crippen molar-refractivity contribution in [1.29, 1.82) is 0 Å². The summed E-state index contributed by atoms with van der Waals surface area (Å²) in [6, 6.07) is 10.5. The minimum atomic E-state index is -0.240. The molecule has 1 saturated heterocycles. The third-order valence-corrected chi connectivity index (χ3v) is 5.42. The van der Waals surface area contributed by atoms with Gasteiger partial charge in [-0.25, -0.2) is 4.79 Å². The van der Waals surface area contributed by atoms with Gasteiger partial charge in [0.05, 0.1) is 11.9 Å². The summed E-state index contributed by atoms with van der Waals surface area (Å²) in [6.07, 6.45) is 7.00. The Morgan fingerprint density at radius 1 is 1.12 bits per heavy atom. The van der Waals surface area contributed by atoms with Crippen LogP contribution in [-0.4, -0.2) is 63.5 Å². The monoisotopic (exact) mass is 434 g/mol. The number of likely N-dealkylation sites (tertiary alicyclic amines) is 1. The van der Waals surface area contributed by atoms with E-state index in [4.69, 9.17) is 4.52 Å². The van der Waals surface area contributed by atoms with E-state index >= 15 is 0 Å². The highest BCUT2D eigenvalue weighted by atomic mass is 16.5. The molecule has 0 unspecified atom stereocenters. The van der Waals surface area contributed by atoms with Gasteiger partial charge in [0.25, 0.3) is 11.8 Å². The molecule has 0 aliphatic carbocycles. The molecule has 9 heteroatoms. The van der Waals surface area contributed by atoms with E-state index in [9.17, 15) is 9.59 Å². The van der Waals surface area contributed by atoms with Crippen LogP contribution in [0.15, 0.2) is 53.3 Å². The van der Waals surface area contributed by atoms with E-state index in [0.29, 0.717) is 35.9 Å². The third-order valence-electron chi connectivity index (χ3n) is 5.42. The average Bonchev–Trinajstić information content (AvgIpc) is 3.32. The number of likely N-dealkylation sites (N-methyl/N-ethyl adjacent to an activating group) is 1. The van der Waals surface area contributed by atoms with Gasteiger partial charge < -0.3 is 19.6 Å². The molecule has 2 aromatic heterocycles. The zero-order chi connectivity index (χ0) is 22.3. The molecule has 9 nitrogen and oxygen atoms in total. The topological polar surface area (TPSA) is 104 Å². The maximum Gasteiger partial charge on any atom is 0.321 e. The van der Waals surface area contributed by atoms with Crippen LogP contribution in [0.2, 0.25) is 0 Å². The Morgan fingerprint density at radius 3 is 2.62 bits per heavy atom. The molecule has 1 aromatic carbocycles. The minimum absolute atomic E-state index is 0.0649. The van der Waals surface area contributed by atoms with Crippen LogP contribution in [0.25, 0.3) is 11.5 Å². The molecule has 0 saturated carbocycles. The summed E-state index contributed by atoms with van der Waals surface area (Å²) >= 11 is 0. The van der Waals surface area contributed by atoms with Crippen molar-refractivity contribution in [1.82, 2.24) is 24.9 Å². The lowest BCUT2D eigenvalue weighted by Gasteiger charge is -2.26. The Labute approximate surface area is 186 Å². The molecule has 32 heavy (non-hydrogen) atoms. The molecule has 3 heterocycles. The van der Waals surface area contributed by atoms with Gasteiger partial charge in [-0.1, -0.05) is 5.16 Å². The van der Waals surface area contributed by atoms with Crippen molar-refractivity contribution in [2.24, 2.45) is 0 Å². The fraction of sp³-hybridized carbons (Fsp3) is 0.348. The fourth-order valence-corrected chi connectivity index (χ4v) is 3.53. The van der Waals surface area contributed by atoms with Crippen molar-refractivity contribution in [3.63, 3.8) is 0 Å². The van der Waals surface area contributed by atoms with E-state index in [1.807, 2.05) is 17.0 Å². The van der Waals surface area contributed by atoms with Gasteiger partial charge in [0, 0.05) is 50.4 Å². The second-order valence-electron chi connectivity index (χ2n) is 7.79. The molecule has 3 aromatic rings. The first-order chi connectivity index (χ1) is 15.6. The lowest BCUT2D eigenvalue weighted by Crippen LogP contribution is -2.35. The summed E-state index contributed by atoms with van der Waals surface area (Å²) in [5, 5.41) is 6.79. The maximum atomic E-state index is 12.6. The number of urea groups is 1. The highest BCUT2D eigenvalue weighted by Gasteiger charge is 2.19. The second kappa shape index (κ2) is 10.0. The van der Waals surface area contributed by atoms with Crippen LogP contribution in [0.5, 0.6) is 0 Å². The molecule has 3 amide bonds. The van der Waals surface area contributed by atoms with Crippen LogP contribution >= 0.6 is 0 Å². The van der Waals surface area contributed by atoms with Gasteiger partial charge in [-0.05, 0) is 55.7 Å². The Hall–Kier alpha value is -3.75. The molecule has 0 atom stereocenters. The number of aromatic nitrogens is 3. The van der Waals surface area contributed by atoms with E-state index in [1.54, 1.807) is 48.6 Å². The van der Waals surface area contributed by atoms with Gasteiger partial charge in [-0.2, -0.15) is 4.98 Å². The van der Waals surface area contributed by atoms with Crippen molar-refractivity contribution in [3.8, 4) is 11.5 Å². The van der Waals surface area contributed by atoms with Gasteiger partial charge >= 0.3 is 6.03 Å². The van der Waals surface area contributed by atoms with Gasteiger partial charge in [-0.15, -0.1) is 0 Å². The van der Waals surface area contributed by atoms with Crippen molar-refractivity contribution < 1.29 is 14.1 Å². The highest BCUT2D eigenvalue weighted by Crippen LogP contribution is 2.20. The molecule has 0 spiro atoms. The number of anilines is 1. The third kappa shape index (κ3) is 5.29. The summed E-state index contributed by atoms with van der Waals surface area (Å²) in [5.74, 6) is 0.962. The number of carbonyl (C=O) groups is 2. The van der Waals surface area contributed by atoms with Crippen molar-refractivity contribution in [2.45, 2.75) is 25.7 Å². The molecular formula is C23H26N6O3. The van der Waals surface area contributed by atoms with Gasteiger partial charge in [0.1, 0.15) is 0 Å². The summed E-state index contributed by atoms with van der Waals surface area (Å²) in [6.45, 7) is 2.07. The normalized spacial score (nSPS) is 13.6. The number of hydrogen-bond acceptors (Lipinski definition) is 6. The van der Waals surface area contributed by atoms with Gasteiger partial charge in [0.15, 0.2) is 5.82 Å². The van der Waals surface area contributed by atoms with Gasteiger partial charge in [0.2, 0.25) is 0 Å². The van der Waals surface area contributed by atoms with Crippen LogP contribution < -0.4 is 5.32 Å². The number of nitrogens with one attached hydrogen (secondary N) is 1. The Morgan fingerprint density at radius 2 is 1.91 bits per heavy atom. The zero-order valence-corrected chi connectivity index (χ0v) is 18.0. The molecular weight excluding hydrogens is 408 g/mol. The predicted molar refractivity (Wildman–Crippen MR) is 119 cm³/mol. The summed E-state index contributed by atoms with van der Waals surface area (Å²) in [4.78, 5) is 36.7. The number of benzene rings is 1. The fourth-order valence-electron chi connectivity index (χ4n) is 3.53. The molecule has 1 N–H and O–H groups in total. The van der Waals surface area contributed by atoms with Crippen LogP contribution in [0.4, 0.5) is 10.5 Å². The summed E-state index contributed by atoms with van der Waals surface area (Å²) in [5.41, 5.74) is 2.05. The van der Waals surface area contributed by atoms with E-state index in [1.165, 1.54) is 6.42 Å². The maximum absolute atomic E-state index is 12.6. The highest BCUT2D eigenvalue weighted by molar-refractivity contribution is 5.94. The number of rotatable bonds is 6. The van der Waals surface area contributed by atoms with E-state index in [-0.39, 0.29) is 11.9 Å². The Bertz CT molecular complexity index is 1050. The van der Waals surface area contributed by atoms with Crippen LogP contribution in [0.3, 0.4) is 0 Å². The summed E-state index contributed by atoms with van der Waals surface area (Å²) < 4.78 is 5.37. The van der Waals surface area contributed by atoms with E-state index in [2.05, 4.69) is 20.4 Å². The Kier molecular flexibility index (Phi) is 6.74. The number of amides is 3. The molecule has 0 radical (unpaired) electrons. The van der Waals surface area contributed by atoms with E-state index < -0.39 is 0 Å². The quantitative estimate of drug-likeness (QED) is 0.637. The smallest absolute Gasteiger partial charge is 0.321 e. The minimum Gasteiger partial charge on any atom is -0.339 e.